The summed E-state index contributed by atoms with van der Waals surface area (Å²) in [5.41, 5.74) is 0.297. The molecule has 0 radical (unpaired) electrons. The average molecular weight is 461 g/mol. The third kappa shape index (κ3) is 4.92. The second kappa shape index (κ2) is 8.17. The molecule has 11 heteroatoms. The Labute approximate surface area is 163 Å². The molecule has 2 rings (SSSR count). The summed E-state index contributed by atoms with van der Waals surface area (Å²) in [6.07, 6.45) is -0.313. The molecule has 1 atom stereocenters. The number of carboxylic acids is 1. The molecule has 1 aromatic carbocycles. The van der Waals surface area contributed by atoms with Gasteiger partial charge in [-0.3, -0.25) is 19.3 Å². The van der Waals surface area contributed by atoms with Crippen LogP contribution in [0, 0.1) is 0 Å². The average Bonchev–Trinajstić information content (AvgIpc) is 2.82. The smallest absolute Gasteiger partial charge is 0.326 e. The zero-order valence-electron chi connectivity index (χ0n) is 14.3. The van der Waals surface area contributed by atoms with Crippen molar-refractivity contribution in [1.29, 1.82) is 0 Å². The Balaban J connectivity index is 2.05. The van der Waals surface area contributed by atoms with Crippen molar-refractivity contribution < 1.29 is 32.7 Å². The van der Waals surface area contributed by atoms with E-state index in [4.69, 9.17) is 5.11 Å². The molecule has 1 aromatic rings. The number of hydrogen-bond acceptors (Lipinski definition) is 6. The largest absolute Gasteiger partial charge is 0.480 e. The summed E-state index contributed by atoms with van der Waals surface area (Å²) in [6, 6.07) is 3.06. The van der Waals surface area contributed by atoms with Crippen LogP contribution in [0.2, 0.25) is 0 Å². The Morgan fingerprint density at radius 2 is 1.85 bits per heavy atom. The standard InChI is InChI=1S/C16H17BrN2O7S/c1-2-27(25,26)6-5-12(16(23)24)18-13(20)8-19-14(21)10-4-3-9(17)7-11(10)15(19)22/h3-4,7,12H,2,5-6,8H2,1H3,(H,18,20)(H,23,24). The predicted octanol–water partition coefficient (Wildman–Crippen LogP) is 0.439. The number of nitrogens with zero attached hydrogens (tertiary/aromatic N) is 1. The molecule has 9 nitrogen and oxygen atoms in total. The van der Waals surface area contributed by atoms with Crippen molar-refractivity contribution in [3.05, 3.63) is 33.8 Å². The maximum atomic E-state index is 12.3. The number of carbonyl (C=O) groups is 4. The van der Waals surface area contributed by atoms with Gasteiger partial charge in [-0.25, -0.2) is 13.2 Å². The monoisotopic (exact) mass is 460 g/mol. The number of carbonyl (C=O) groups excluding carboxylic acids is 3. The molecule has 146 valence electrons. The molecule has 1 aliphatic heterocycles. The fourth-order valence-electron chi connectivity index (χ4n) is 2.49. The lowest BCUT2D eigenvalue weighted by Gasteiger charge is -2.17. The van der Waals surface area contributed by atoms with Gasteiger partial charge in [-0.15, -0.1) is 0 Å². The van der Waals surface area contributed by atoms with E-state index in [1.807, 2.05) is 0 Å². The maximum Gasteiger partial charge on any atom is 0.326 e. The minimum absolute atomic E-state index is 0.141. The van der Waals surface area contributed by atoms with Crippen molar-refractivity contribution in [2.75, 3.05) is 18.1 Å². The Bertz CT molecular complexity index is 913. The van der Waals surface area contributed by atoms with E-state index >= 15 is 0 Å². The zero-order valence-corrected chi connectivity index (χ0v) is 16.7. The topological polar surface area (TPSA) is 138 Å². The van der Waals surface area contributed by atoms with Crippen LogP contribution in [0.15, 0.2) is 22.7 Å². The van der Waals surface area contributed by atoms with Crippen molar-refractivity contribution in [1.82, 2.24) is 10.2 Å². The quantitative estimate of drug-likeness (QED) is 0.536. The Hall–Kier alpha value is -2.27. The summed E-state index contributed by atoms with van der Waals surface area (Å²) in [5, 5.41) is 11.3. The number of benzene rings is 1. The van der Waals surface area contributed by atoms with Gasteiger partial charge < -0.3 is 10.4 Å². The molecular weight excluding hydrogens is 444 g/mol. The molecule has 27 heavy (non-hydrogen) atoms. The second-order valence-electron chi connectivity index (χ2n) is 5.87. The van der Waals surface area contributed by atoms with Gasteiger partial charge in [-0.2, -0.15) is 0 Å². The second-order valence-corrected chi connectivity index (χ2v) is 9.26. The number of sulfone groups is 1. The summed E-state index contributed by atoms with van der Waals surface area (Å²) in [4.78, 5) is 48.7. The van der Waals surface area contributed by atoms with Crippen LogP contribution in [-0.2, 0) is 19.4 Å². The van der Waals surface area contributed by atoms with Gasteiger partial charge in [-0.05, 0) is 24.6 Å². The first-order valence-corrected chi connectivity index (χ1v) is 10.6. The highest BCUT2D eigenvalue weighted by atomic mass is 79.9. The molecule has 0 aliphatic carbocycles. The minimum atomic E-state index is -3.40. The zero-order chi connectivity index (χ0) is 20.4. The lowest BCUT2D eigenvalue weighted by Crippen LogP contribution is -2.47. The summed E-state index contributed by atoms with van der Waals surface area (Å²) < 4.78 is 23.6. The summed E-state index contributed by atoms with van der Waals surface area (Å²) in [7, 11) is -3.40. The minimum Gasteiger partial charge on any atom is -0.480 e. The first kappa shape index (κ1) is 21.0. The highest BCUT2D eigenvalue weighted by Crippen LogP contribution is 2.25. The van der Waals surface area contributed by atoms with Crippen molar-refractivity contribution in [2.24, 2.45) is 0 Å². The number of rotatable bonds is 8. The lowest BCUT2D eigenvalue weighted by atomic mass is 10.1. The van der Waals surface area contributed by atoms with Crippen molar-refractivity contribution >= 4 is 49.5 Å². The number of fused-ring (bicyclic) bond motifs is 1. The van der Waals surface area contributed by atoms with E-state index in [1.165, 1.54) is 19.1 Å². The van der Waals surface area contributed by atoms with Crippen LogP contribution in [-0.4, -0.2) is 66.2 Å². The molecule has 0 fully saturated rings. The van der Waals surface area contributed by atoms with Gasteiger partial charge in [0.25, 0.3) is 11.8 Å². The van der Waals surface area contributed by atoms with Crippen LogP contribution in [0.4, 0.5) is 0 Å². The van der Waals surface area contributed by atoms with Gasteiger partial charge in [-0.1, -0.05) is 22.9 Å². The highest BCUT2D eigenvalue weighted by Gasteiger charge is 2.37. The molecule has 1 heterocycles. The van der Waals surface area contributed by atoms with E-state index in [2.05, 4.69) is 21.2 Å². The highest BCUT2D eigenvalue weighted by molar-refractivity contribution is 9.10. The molecule has 1 unspecified atom stereocenters. The predicted molar refractivity (Wildman–Crippen MR) is 98.0 cm³/mol. The number of amides is 3. The van der Waals surface area contributed by atoms with Crippen molar-refractivity contribution in [2.45, 2.75) is 19.4 Å². The van der Waals surface area contributed by atoms with E-state index in [9.17, 15) is 27.6 Å². The Kier molecular flexibility index (Phi) is 6.37. The van der Waals surface area contributed by atoms with E-state index < -0.39 is 51.9 Å². The van der Waals surface area contributed by atoms with Crippen LogP contribution < -0.4 is 5.32 Å². The van der Waals surface area contributed by atoms with Gasteiger partial charge in [0.05, 0.1) is 16.9 Å². The van der Waals surface area contributed by atoms with Crippen LogP contribution in [0.1, 0.15) is 34.1 Å². The Morgan fingerprint density at radius 1 is 1.22 bits per heavy atom. The normalized spacial score (nSPS) is 14.8. The number of nitrogens with one attached hydrogen (secondary N) is 1. The van der Waals surface area contributed by atoms with Crippen LogP contribution in [0.3, 0.4) is 0 Å². The SMILES string of the molecule is CCS(=O)(=O)CCC(NC(=O)CN1C(=O)c2ccc(Br)cc2C1=O)C(=O)O. The molecule has 1 aliphatic rings. The third-order valence-electron chi connectivity index (χ3n) is 4.03. The molecule has 0 aromatic heterocycles. The van der Waals surface area contributed by atoms with Gasteiger partial charge in [0, 0.05) is 10.2 Å². The van der Waals surface area contributed by atoms with Gasteiger partial charge in [0.1, 0.15) is 22.4 Å². The van der Waals surface area contributed by atoms with E-state index in [-0.39, 0.29) is 23.3 Å². The fourth-order valence-corrected chi connectivity index (χ4v) is 3.73. The first-order chi connectivity index (χ1) is 12.6. The lowest BCUT2D eigenvalue weighted by molar-refractivity contribution is -0.141. The van der Waals surface area contributed by atoms with Crippen molar-refractivity contribution in [3.63, 3.8) is 0 Å². The molecule has 3 amide bonds. The third-order valence-corrected chi connectivity index (χ3v) is 6.26. The van der Waals surface area contributed by atoms with E-state index in [0.29, 0.717) is 9.37 Å². The van der Waals surface area contributed by atoms with Crippen LogP contribution >= 0.6 is 15.9 Å². The first-order valence-electron chi connectivity index (χ1n) is 7.94. The number of hydrogen-bond donors (Lipinski definition) is 2. The van der Waals surface area contributed by atoms with Crippen LogP contribution in [0.5, 0.6) is 0 Å². The molecule has 0 saturated carbocycles. The van der Waals surface area contributed by atoms with Crippen molar-refractivity contribution in [3.8, 4) is 0 Å². The number of carboxylic acid groups (broad SMARTS) is 1. The molecule has 0 bridgehead atoms. The molecule has 0 spiro atoms. The summed E-state index contributed by atoms with van der Waals surface area (Å²) >= 11 is 3.20. The Morgan fingerprint density at radius 3 is 2.44 bits per heavy atom. The van der Waals surface area contributed by atoms with E-state index in [1.54, 1.807) is 6.07 Å². The fraction of sp³-hybridized carbons (Fsp3) is 0.375. The molecular formula is C16H17BrN2O7S. The summed E-state index contributed by atoms with van der Waals surface area (Å²) in [5.74, 6) is -4.13. The maximum absolute atomic E-state index is 12.3. The number of aliphatic carboxylic acids is 1. The molecule has 2 N–H and O–H groups in total. The van der Waals surface area contributed by atoms with Gasteiger partial charge in [0.15, 0.2) is 0 Å². The number of halogens is 1. The van der Waals surface area contributed by atoms with Crippen LogP contribution in [0.25, 0.3) is 0 Å². The molecule has 0 saturated heterocycles. The van der Waals surface area contributed by atoms with Gasteiger partial charge >= 0.3 is 5.97 Å². The summed E-state index contributed by atoms with van der Waals surface area (Å²) in [6.45, 7) is 0.776. The number of imide groups is 1. The van der Waals surface area contributed by atoms with Gasteiger partial charge in [0.2, 0.25) is 5.91 Å². The van der Waals surface area contributed by atoms with E-state index in [0.717, 1.165) is 0 Å².